The highest BCUT2D eigenvalue weighted by molar-refractivity contribution is 7.15. The van der Waals surface area contributed by atoms with Crippen molar-refractivity contribution < 1.29 is 0 Å². The molecule has 2 aromatic rings. The lowest BCUT2D eigenvalue weighted by molar-refractivity contribution is 0.695. The van der Waals surface area contributed by atoms with Gasteiger partial charge in [-0.1, -0.05) is 0 Å². The fourth-order valence-corrected chi connectivity index (χ4v) is 3.03. The van der Waals surface area contributed by atoms with Crippen LogP contribution in [0.25, 0.3) is 0 Å². The minimum Gasteiger partial charge on any atom is -0.349 e. The van der Waals surface area contributed by atoms with Crippen LogP contribution in [0.4, 0.5) is 5.13 Å². The lowest BCUT2D eigenvalue weighted by atomic mass is 10.1. The molecule has 5 heteroatoms. The van der Waals surface area contributed by atoms with Crippen LogP contribution in [0, 0.1) is 6.92 Å². The summed E-state index contributed by atoms with van der Waals surface area (Å²) in [5.74, 6) is 0. The number of nitrogens with zero attached hydrogens (tertiary/aromatic N) is 3. The Balaban J connectivity index is 1.87. The lowest BCUT2D eigenvalue weighted by Gasteiger charge is -2.16. The van der Waals surface area contributed by atoms with E-state index in [1.807, 2.05) is 24.7 Å². The molecular formula is C15H22N4S. The zero-order valence-electron chi connectivity index (χ0n) is 12.4. The summed E-state index contributed by atoms with van der Waals surface area (Å²) in [6.07, 6.45) is 5.73. The Morgan fingerprint density at radius 1 is 1.20 bits per heavy atom. The molecule has 0 amide bonds. The number of pyridine rings is 1. The summed E-state index contributed by atoms with van der Waals surface area (Å²) in [7, 11) is 0. The van der Waals surface area contributed by atoms with Gasteiger partial charge in [0.25, 0.3) is 0 Å². The van der Waals surface area contributed by atoms with Gasteiger partial charge in [0.15, 0.2) is 5.13 Å². The molecule has 108 valence electrons. The highest BCUT2D eigenvalue weighted by Crippen LogP contribution is 2.22. The molecule has 0 saturated carbocycles. The Bertz CT molecular complexity index is 534. The largest absolute Gasteiger partial charge is 0.349 e. The third kappa shape index (κ3) is 3.77. The monoisotopic (exact) mass is 290 g/mol. The first-order valence-electron chi connectivity index (χ1n) is 7.04. The van der Waals surface area contributed by atoms with Crippen LogP contribution in [0.5, 0.6) is 0 Å². The molecule has 0 aromatic carbocycles. The third-order valence-electron chi connectivity index (χ3n) is 3.34. The Labute approximate surface area is 124 Å². The van der Waals surface area contributed by atoms with E-state index < -0.39 is 0 Å². The van der Waals surface area contributed by atoms with Crippen molar-refractivity contribution >= 4 is 16.5 Å². The highest BCUT2D eigenvalue weighted by atomic mass is 32.1. The Morgan fingerprint density at radius 3 is 2.70 bits per heavy atom. The SMILES string of the molecule is CCN(CC)c1ncc(CNCc2cnccc2C)s1. The van der Waals surface area contributed by atoms with Crippen LogP contribution in [0.3, 0.4) is 0 Å². The van der Waals surface area contributed by atoms with Gasteiger partial charge in [-0.3, -0.25) is 4.98 Å². The second-order valence-electron chi connectivity index (χ2n) is 4.69. The first-order valence-corrected chi connectivity index (χ1v) is 7.86. The Morgan fingerprint density at radius 2 is 2.00 bits per heavy atom. The molecule has 0 unspecified atom stereocenters. The van der Waals surface area contributed by atoms with Crippen molar-refractivity contribution in [3.8, 4) is 0 Å². The minimum atomic E-state index is 0.845. The number of thiazole rings is 1. The molecule has 20 heavy (non-hydrogen) atoms. The molecule has 0 aliphatic carbocycles. The fourth-order valence-electron chi connectivity index (χ4n) is 2.02. The van der Waals surface area contributed by atoms with Crippen LogP contribution in [-0.4, -0.2) is 23.1 Å². The van der Waals surface area contributed by atoms with Crippen molar-refractivity contribution in [2.75, 3.05) is 18.0 Å². The van der Waals surface area contributed by atoms with Gasteiger partial charge in [0.1, 0.15) is 0 Å². The van der Waals surface area contributed by atoms with Crippen LogP contribution in [0.15, 0.2) is 24.7 Å². The van der Waals surface area contributed by atoms with Crippen LogP contribution in [0.2, 0.25) is 0 Å². The maximum absolute atomic E-state index is 4.49. The van der Waals surface area contributed by atoms with Crippen molar-refractivity contribution in [2.24, 2.45) is 0 Å². The molecule has 0 aliphatic heterocycles. The van der Waals surface area contributed by atoms with E-state index >= 15 is 0 Å². The zero-order valence-corrected chi connectivity index (χ0v) is 13.2. The quantitative estimate of drug-likeness (QED) is 0.851. The third-order valence-corrected chi connectivity index (χ3v) is 4.40. The summed E-state index contributed by atoms with van der Waals surface area (Å²) in [6, 6.07) is 2.04. The number of aromatic nitrogens is 2. The van der Waals surface area contributed by atoms with E-state index in [9.17, 15) is 0 Å². The molecule has 2 heterocycles. The van der Waals surface area contributed by atoms with Gasteiger partial charge < -0.3 is 10.2 Å². The summed E-state index contributed by atoms with van der Waals surface area (Å²) >= 11 is 1.77. The zero-order chi connectivity index (χ0) is 14.4. The summed E-state index contributed by atoms with van der Waals surface area (Å²) in [4.78, 5) is 12.2. The van der Waals surface area contributed by atoms with E-state index in [0.29, 0.717) is 0 Å². The van der Waals surface area contributed by atoms with Crippen LogP contribution < -0.4 is 10.2 Å². The van der Waals surface area contributed by atoms with E-state index in [1.165, 1.54) is 16.0 Å². The topological polar surface area (TPSA) is 41.1 Å². The van der Waals surface area contributed by atoms with Gasteiger partial charge in [-0.15, -0.1) is 11.3 Å². The van der Waals surface area contributed by atoms with Crippen LogP contribution in [0.1, 0.15) is 29.9 Å². The Kier molecular flexibility index (Phi) is 5.49. The number of rotatable bonds is 7. The maximum Gasteiger partial charge on any atom is 0.185 e. The molecule has 0 saturated heterocycles. The molecule has 0 fully saturated rings. The molecule has 0 aliphatic rings. The lowest BCUT2D eigenvalue weighted by Crippen LogP contribution is -2.21. The van der Waals surface area contributed by atoms with Crippen molar-refractivity contribution in [2.45, 2.75) is 33.9 Å². The molecule has 0 radical (unpaired) electrons. The van der Waals surface area contributed by atoms with E-state index in [0.717, 1.165) is 31.3 Å². The second-order valence-corrected chi connectivity index (χ2v) is 5.78. The molecular weight excluding hydrogens is 268 g/mol. The predicted molar refractivity (Wildman–Crippen MR) is 85.2 cm³/mol. The first-order chi connectivity index (χ1) is 9.74. The Hall–Kier alpha value is -1.46. The van der Waals surface area contributed by atoms with Gasteiger partial charge in [0, 0.05) is 49.6 Å². The molecule has 1 N–H and O–H groups in total. The smallest absolute Gasteiger partial charge is 0.185 e. The number of anilines is 1. The summed E-state index contributed by atoms with van der Waals surface area (Å²) in [6.45, 7) is 10.1. The molecule has 2 rings (SSSR count). The number of nitrogens with one attached hydrogen (secondary N) is 1. The number of aryl methyl sites for hydroxylation is 1. The van der Waals surface area contributed by atoms with Gasteiger partial charge >= 0.3 is 0 Å². The van der Waals surface area contributed by atoms with E-state index in [2.05, 4.69) is 41.0 Å². The summed E-state index contributed by atoms with van der Waals surface area (Å²) in [5, 5.41) is 4.57. The molecule has 4 nitrogen and oxygen atoms in total. The normalized spacial score (nSPS) is 10.8. The van der Waals surface area contributed by atoms with E-state index in [1.54, 1.807) is 11.3 Å². The summed E-state index contributed by atoms with van der Waals surface area (Å²) in [5.41, 5.74) is 2.53. The van der Waals surface area contributed by atoms with E-state index in [4.69, 9.17) is 0 Å². The average Bonchev–Trinajstić information content (AvgIpc) is 2.91. The van der Waals surface area contributed by atoms with E-state index in [-0.39, 0.29) is 0 Å². The van der Waals surface area contributed by atoms with Crippen LogP contribution >= 0.6 is 11.3 Å². The van der Waals surface area contributed by atoms with Gasteiger partial charge in [-0.2, -0.15) is 0 Å². The molecule has 0 spiro atoms. The standard InChI is InChI=1S/C15H22N4S/c1-4-19(5-2)15-18-11-14(20-15)10-17-9-13-8-16-7-6-12(13)3/h6-8,11,17H,4-5,9-10H2,1-3H3. The maximum atomic E-state index is 4.49. The average molecular weight is 290 g/mol. The first kappa shape index (κ1) is 14.9. The van der Waals surface area contributed by atoms with Gasteiger partial charge in [0.2, 0.25) is 0 Å². The van der Waals surface area contributed by atoms with Crippen molar-refractivity contribution in [1.29, 1.82) is 0 Å². The van der Waals surface area contributed by atoms with Crippen molar-refractivity contribution in [3.63, 3.8) is 0 Å². The van der Waals surface area contributed by atoms with Crippen molar-refractivity contribution in [1.82, 2.24) is 15.3 Å². The fraction of sp³-hybridized carbons (Fsp3) is 0.467. The minimum absolute atomic E-state index is 0.845. The second kappa shape index (κ2) is 7.36. The molecule has 0 bridgehead atoms. The van der Waals surface area contributed by atoms with Crippen LogP contribution in [-0.2, 0) is 13.1 Å². The highest BCUT2D eigenvalue weighted by Gasteiger charge is 2.07. The summed E-state index contributed by atoms with van der Waals surface area (Å²) < 4.78 is 0. The molecule has 2 aromatic heterocycles. The number of hydrogen-bond acceptors (Lipinski definition) is 5. The van der Waals surface area contributed by atoms with Crippen molar-refractivity contribution in [3.05, 3.63) is 40.7 Å². The van der Waals surface area contributed by atoms with Gasteiger partial charge in [-0.05, 0) is 38.0 Å². The van der Waals surface area contributed by atoms with Gasteiger partial charge in [0.05, 0.1) is 0 Å². The van der Waals surface area contributed by atoms with Gasteiger partial charge in [-0.25, -0.2) is 4.98 Å². The molecule has 0 atom stereocenters. The predicted octanol–water partition coefficient (Wildman–Crippen LogP) is 2.98. The number of hydrogen-bond donors (Lipinski definition) is 1.